The van der Waals surface area contributed by atoms with Crippen LogP contribution in [0.15, 0.2) is 18.2 Å². The van der Waals surface area contributed by atoms with Gasteiger partial charge in [-0.2, -0.15) is 0 Å². The number of carbonyl (C=O) groups is 1. The predicted molar refractivity (Wildman–Crippen MR) is 77.6 cm³/mol. The summed E-state index contributed by atoms with van der Waals surface area (Å²) in [6, 6.07) is 4.78. The van der Waals surface area contributed by atoms with E-state index < -0.39 is 0 Å². The smallest absolute Gasteiger partial charge is 0.239 e. The van der Waals surface area contributed by atoms with E-state index in [1.54, 1.807) is 13.2 Å². The zero-order valence-corrected chi connectivity index (χ0v) is 12.5. The molecule has 0 aliphatic carbocycles. The van der Waals surface area contributed by atoms with E-state index >= 15 is 0 Å². The van der Waals surface area contributed by atoms with Gasteiger partial charge < -0.3 is 9.64 Å². The van der Waals surface area contributed by atoms with Crippen LogP contribution in [0.5, 0.6) is 5.75 Å². The van der Waals surface area contributed by atoms with Crippen LogP contribution >= 0.6 is 0 Å². The maximum Gasteiger partial charge on any atom is 0.239 e. The number of hydrogen-bond acceptors (Lipinski definition) is 3. The number of fused-ring (bicyclic) bond motifs is 1. The standard InChI is InChI=1S/C16H21FN2O2/c1-11-16(20)19-7-3-4-14(19)10-18(11)9-12-5-6-13(17)8-15(12)21-2/h5-6,8,11,14H,3-4,7,9-10H2,1-2H3/t11-,14+/m0/s1. The molecule has 0 bridgehead atoms. The van der Waals surface area contributed by atoms with Crippen LogP contribution in [0, 0.1) is 5.82 Å². The summed E-state index contributed by atoms with van der Waals surface area (Å²) in [6.07, 6.45) is 2.17. The van der Waals surface area contributed by atoms with Crippen LogP contribution in [0.3, 0.4) is 0 Å². The lowest BCUT2D eigenvalue weighted by Crippen LogP contribution is -2.58. The minimum absolute atomic E-state index is 0.130. The van der Waals surface area contributed by atoms with Crippen LogP contribution in [-0.2, 0) is 11.3 Å². The summed E-state index contributed by atoms with van der Waals surface area (Å²) in [4.78, 5) is 16.6. The summed E-state index contributed by atoms with van der Waals surface area (Å²) < 4.78 is 18.5. The molecule has 0 N–H and O–H groups in total. The van der Waals surface area contributed by atoms with Crippen LogP contribution in [-0.4, -0.2) is 48.0 Å². The highest BCUT2D eigenvalue weighted by Crippen LogP contribution is 2.28. The number of ether oxygens (including phenoxy) is 1. The largest absolute Gasteiger partial charge is 0.496 e. The molecule has 1 aromatic rings. The van der Waals surface area contributed by atoms with Crippen molar-refractivity contribution in [3.8, 4) is 5.75 Å². The van der Waals surface area contributed by atoms with Crippen molar-refractivity contribution in [2.45, 2.75) is 38.4 Å². The Hall–Kier alpha value is -1.62. The van der Waals surface area contributed by atoms with Gasteiger partial charge in [0.1, 0.15) is 11.6 Å². The number of benzene rings is 1. The van der Waals surface area contributed by atoms with Crippen molar-refractivity contribution in [1.29, 1.82) is 0 Å². The Labute approximate surface area is 124 Å². The lowest BCUT2D eigenvalue weighted by molar-refractivity contribution is -0.143. The third-order valence-corrected chi connectivity index (χ3v) is 4.63. The van der Waals surface area contributed by atoms with E-state index in [1.165, 1.54) is 12.1 Å². The Morgan fingerprint density at radius 1 is 1.43 bits per heavy atom. The number of carbonyl (C=O) groups excluding carboxylic acids is 1. The van der Waals surface area contributed by atoms with E-state index in [9.17, 15) is 9.18 Å². The van der Waals surface area contributed by atoms with Gasteiger partial charge in [-0.3, -0.25) is 9.69 Å². The molecular weight excluding hydrogens is 271 g/mol. The fourth-order valence-corrected chi connectivity index (χ4v) is 3.41. The highest BCUT2D eigenvalue weighted by molar-refractivity contribution is 5.83. The van der Waals surface area contributed by atoms with Crippen molar-refractivity contribution in [3.63, 3.8) is 0 Å². The van der Waals surface area contributed by atoms with Crippen molar-refractivity contribution in [2.24, 2.45) is 0 Å². The Kier molecular flexibility index (Phi) is 3.85. The van der Waals surface area contributed by atoms with Gasteiger partial charge in [-0.1, -0.05) is 6.07 Å². The van der Waals surface area contributed by atoms with Crippen LogP contribution < -0.4 is 4.74 Å². The minimum atomic E-state index is -0.305. The Morgan fingerprint density at radius 2 is 2.24 bits per heavy atom. The molecule has 0 spiro atoms. The van der Waals surface area contributed by atoms with Gasteiger partial charge in [0.05, 0.1) is 13.2 Å². The van der Waals surface area contributed by atoms with E-state index in [0.717, 1.165) is 31.5 Å². The first-order valence-electron chi connectivity index (χ1n) is 7.47. The van der Waals surface area contributed by atoms with E-state index in [4.69, 9.17) is 4.74 Å². The molecule has 2 fully saturated rings. The number of piperazine rings is 1. The van der Waals surface area contributed by atoms with Crippen molar-refractivity contribution in [3.05, 3.63) is 29.6 Å². The van der Waals surface area contributed by atoms with Crippen LogP contribution in [0.25, 0.3) is 0 Å². The van der Waals surface area contributed by atoms with E-state index in [-0.39, 0.29) is 17.8 Å². The number of methoxy groups -OCH3 is 1. The number of nitrogens with zero attached hydrogens (tertiary/aromatic N) is 2. The molecule has 114 valence electrons. The van der Waals surface area contributed by atoms with Gasteiger partial charge in [0, 0.05) is 37.3 Å². The van der Waals surface area contributed by atoms with Crippen molar-refractivity contribution in [2.75, 3.05) is 20.2 Å². The first-order chi connectivity index (χ1) is 10.1. The van der Waals surface area contributed by atoms with Gasteiger partial charge in [0.15, 0.2) is 0 Å². The molecule has 0 aromatic heterocycles. The Balaban J connectivity index is 1.79. The second-order valence-electron chi connectivity index (χ2n) is 5.89. The maximum absolute atomic E-state index is 13.3. The molecule has 0 unspecified atom stereocenters. The molecule has 2 aliphatic rings. The molecule has 0 radical (unpaired) electrons. The Morgan fingerprint density at radius 3 is 3.00 bits per heavy atom. The van der Waals surface area contributed by atoms with E-state index in [2.05, 4.69) is 4.90 Å². The molecule has 2 heterocycles. The number of rotatable bonds is 3. The summed E-state index contributed by atoms with van der Waals surface area (Å²) >= 11 is 0. The topological polar surface area (TPSA) is 32.8 Å². The molecule has 1 aromatic carbocycles. The normalized spacial score (nSPS) is 26.0. The second kappa shape index (κ2) is 5.64. The monoisotopic (exact) mass is 292 g/mol. The quantitative estimate of drug-likeness (QED) is 0.854. The lowest BCUT2D eigenvalue weighted by Gasteiger charge is -2.41. The number of hydrogen-bond donors (Lipinski definition) is 0. The van der Waals surface area contributed by atoms with E-state index in [0.29, 0.717) is 18.3 Å². The van der Waals surface area contributed by atoms with Gasteiger partial charge in [0.25, 0.3) is 0 Å². The van der Waals surface area contributed by atoms with Gasteiger partial charge >= 0.3 is 0 Å². The lowest BCUT2D eigenvalue weighted by atomic mass is 10.1. The van der Waals surface area contributed by atoms with Gasteiger partial charge in [-0.15, -0.1) is 0 Å². The molecule has 0 saturated carbocycles. The van der Waals surface area contributed by atoms with Gasteiger partial charge in [0.2, 0.25) is 5.91 Å². The highest BCUT2D eigenvalue weighted by Gasteiger charge is 2.40. The molecule has 3 rings (SSSR count). The van der Waals surface area contributed by atoms with E-state index in [1.807, 2.05) is 11.8 Å². The molecule has 2 aliphatic heterocycles. The predicted octanol–water partition coefficient (Wildman–Crippen LogP) is 2.03. The summed E-state index contributed by atoms with van der Waals surface area (Å²) in [6.45, 7) is 4.34. The van der Waals surface area contributed by atoms with Crippen LogP contribution in [0.2, 0.25) is 0 Å². The Bertz CT molecular complexity index is 549. The van der Waals surface area contributed by atoms with Gasteiger partial charge in [-0.25, -0.2) is 4.39 Å². The highest BCUT2D eigenvalue weighted by atomic mass is 19.1. The molecule has 2 atom stereocenters. The first-order valence-corrected chi connectivity index (χ1v) is 7.47. The molecular formula is C16H21FN2O2. The van der Waals surface area contributed by atoms with Crippen LogP contribution in [0.4, 0.5) is 4.39 Å². The average Bonchev–Trinajstić information content (AvgIpc) is 2.94. The SMILES string of the molecule is COc1cc(F)ccc1CN1C[C@H]2CCCN2C(=O)[C@@H]1C. The third-order valence-electron chi connectivity index (χ3n) is 4.63. The molecule has 4 nitrogen and oxygen atoms in total. The summed E-state index contributed by atoms with van der Waals surface area (Å²) in [5.41, 5.74) is 0.921. The van der Waals surface area contributed by atoms with Crippen molar-refractivity contribution in [1.82, 2.24) is 9.80 Å². The fraction of sp³-hybridized carbons (Fsp3) is 0.562. The molecule has 5 heteroatoms. The van der Waals surface area contributed by atoms with Crippen molar-refractivity contribution < 1.29 is 13.9 Å². The molecule has 1 amide bonds. The molecule has 21 heavy (non-hydrogen) atoms. The summed E-state index contributed by atoms with van der Waals surface area (Å²) in [5, 5.41) is 0. The zero-order valence-electron chi connectivity index (χ0n) is 12.5. The first kappa shape index (κ1) is 14.3. The third kappa shape index (κ3) is 2.62. The van der Waals surface area contributed by atoms with Crippen molar-refractivity contribution >= 4 is 5.91 Å². The fourth-order valence-electron chi connectivity index (χ4n) is 3.41. The number of halogens is 1. The summed E-state index contributed by atoms with van der Waals surface area (Å²) in [5.74, 6) is 0.452. The zero-order chi connectivity index (χ0) is 15.0. The minimum Gasteiger partial charge on any atom is -0.496 e. The average molecular weight is 292 g/mol. The molecule has 2 saturated heterocycles. The summed E-state index contributed by atoms with van der Waals surface area (Å²) in [7, 11) is 1.54. The van der Waals surface area contributed by atoms with Crippen LogP contribution in [0.1, 0.15) is 25.3 Å². The van der Waals surface area contributed by atoms with Gasteiger partial charge in [-0.05, 0) is 25.8 Å². The maximum atomic E-state index is 13.3. The second-order valence-corrected chi connectivity index (χ2v) is 5.89. The number of amides is 1.